The number of nitrogens with two attached hydrogens (primary N) is 1. The number of ether oxygens (including phenoxy) is 1. The van der Waals surface area contributed by atoms with Gasteiger partial charge >= 0.3 is 6.09 Å². The molecule has 2 aromatic heterocycles. The van der Waals surface area contributed by atoms with Crippen molar-refractivity contribution >= 4 is 44.7 Å². The molecule has 0 radical (unpaired) electrons. The van der Waals surface area contributed by atoms with E-state index in [-0.39, 0.29) is 4.90 Å². The third-order valence-corrected chi connectivity index (χ3v) is 6.50. The average Bonchev–Trinajstić information content (AvgIpc) is 3.25. The first-order valence-corrected chi connectivity index (χ1v) is 12.9. The van der Waals surface area contributed by atoms with Crippen molar-refractivity contribution in [2.75, 3.05) is 29.9 Å². The summed E-state index contributed by atoms with van der Waals surface area (Å²) in [5.74, 6) is 1.39. The molecule has 0 unspecified atom stereocenters. The molecule has 1 aromatic carbocycles. The van der Waals surface area contributed by atoms with E-state index in [0.717, 1.165) is 25.9 Å². The number of furan rings is 1. The number of hydrogen-bond acceptors (Lipinski definition) is 9. The van der Waals surface area contributed by atoms with Gasteiger partial charge in [-0.3, -0.25) is 0 Å². The maximum absolute atomic E-state index is 11.9. The molecule has 3 aromatic rings. The number of aromatic nitrogens is 2. The van der Waals surface area contributed by atoms with Crippen LogP contribution < -0.4 is 20.7 Å². The summed E-state index contributed by atoms with van der Waals surface area (Å²) >= 11 is 0. The predicted octanol–water partition coefficient (Wildman–Crippen LogP) is 3.35. The highest BCUT2D eigenvalue weighted by Crippen LogP contribution is 2.30. The van der Waals surface area contributed by atoms with Crippen molar-refractivity contribution in [3.63, 3.8) is 0 Å². The van der Waals surface area contributed by atoms with Gasteiger partial charge in [0.15, 0.2) is 11.4 Å². The summed E-state index contributed by atoms with van der Waals surface area (Å²) in [4.78, 5) is 23.3. The van der Waals surface area contributed by atoms with E-state index in [4.69, 9.17) is 14.3 Å². The van der Waals surface area contributed by atoms with Crippen LogP contribution in [0.3, 0.4) is 0 Å². The Bertz CT molecular complexity index is 1290. The number of sulfonamides is 1. The Hall–Kier alpha value is -3.38. The molecule has 1 fully saturated rings. The molecular formula is C23H30N6O5S. The van der Waals surface area contributed by atoms with Gasteiger partial charge in [-0.15, -0.1) is 0 Å². The molecule has 0 saturated carbocycles. The smallest absolute Gasteiger partial charge is 0.407 e. The molecule has 12 heteroatoms. The van der Waals surface area contributed by atoms with Crippen molar-refractivity contribution in [1.82, 2.24) is 15.3 Å². The van der Waals surface area contributed by atoms with E-state index < -0.39 is 21.7 Å². The molecule has 0 bridgehead atoms. The normalized spacial score (nSPS) is 15.3. The highest BCUT2D eigenvalue weighted by atomic mass is 32.2. The average molecular weight is 503 g/mol. The van der Waals surface area contributed by atoms with E-state index in [9.17, 15) is 13.2 Å². The Morgan fingerprint density at radius 2 is 1.86 bits per heavy atom. The first-order valence-electron chi connectivity index (χ1n) is 11.3. The molecular weight excluding hydrogens is 472 g/mol. The Balaban J connectivity index is 1.43. The monoisotopic (exact) mass is 502 g/mol. The SMILES string of the molecule is CC(C)(C)OC(=O)NCC1CCN(c2nc(Nc3ccc(S(N)(=O)=O)cc3)nc3ccoc23)CC1. The van der Waals surface area contributed by atoms with Gasteiger partial charge in [0.2, 0.25) is 16.0 Å². The van der Waals surface area contributed by atoms with Gasteiger partial charge in [-0.25, -0.2) is 23.3 Å². The first-order chi connectivity index (χ1) is 16.5. The number of primary sulfonamides is 1. The molecule has 35 heavy (non-hydrogen) atoms. The number of anilines is 3. The van der Waals surface area contributed by atoms with Crippen LogP contribution in [0.2, 0.25) is 0 Å². The minimum Gasteiger partial charge on any atom is -0.459 e. The Labute approximate surface area is 204 Å². The topological polar surface area (TPSA) is 153 Å². The zero-order chi connectivity index (χ0) is 25.2. The van der Waals surface area contributed by atoms with E-state index in [1.807, 2.05) is 20.8 Å². The van der Waals surface area contributed by atoms with Gasteiger partial charge in [0.1, 0.15) is 11.1 Å². The van der Waals surface area contributed by atoms with Gasteiger partial charge in [-0.1, -0.05) is 0 Å². The van der Waals surface area contributed by atoms with Crippen LogP contribution in [0.1, 0.15) is 33.6 Å². The fourth-order valence-corrected chi connectivity index (χ4v) is 4.38. The Kier molecular flexibility index (Phi) is 6.86. The zero-order valence-electron chi connectivity index (χ0n) is 19.9. The number of amides is 1. The summed E-state index contributed by atoms with van der Waals surface area (Å²) in [6.45, 7) is 7.57. The van der Waals surface area contributed by atoms with Gasteiger partial charge in [-0.2, -0.15) is 4.98 Å². The Morgan fingerprint density at radius 3 is 2.49 bits per heavy atom. The number of piperidine rings is 1. The van der Waals surface area contributed by atoms with E-state index in [1.54, 1.807) is 24.5 Å². The van der Waals surface area contributed by atoms with Gasteiger partial charge < -0.3 is 24.7 Å². The zero-order valence-corrected chi connectivity index (χ0v) is 20.8. The third-order valence-electron chi connectivity index (χ3n) is 5.57. The van der Waals surface area contributed by atoms with Gasteiger partial charge in [0, 0.05) is 31.4 Å². The van der Waals surface area contributed by atoms with Crippen LogP contribution in [-0.2, 0) is 14.8 Å². The van der Waals surface area contributed by atoms with Crippen LogP contribution in [-0.4, -0.2) is 49.7 Å². The van der Waals surface area contributed by atoms with Crippen molar-refractivity contribution in [2.45, 2.75) is 44.1 Å². The maximum atomic E-state index is 11.9. The van der Waals surface area contributed by atoms with Crippen molar-refractivity contribution in [3.05, 3.63) is 36.6 Å². The summed E-state index contributed by atoms with van der Waals surface area (Å²) in [5, 5.41) is 11.1. The number of rotatable bonds is 6. The highest BCUT2D eigenvalue weighted by Gasteiger charge is 2.25. The summed E-state index contributed by atoms with van der Waals surface area (Å²) in [6, 6.07) is 7.82. The van der Waals surface area contributed by atoms with Gasteiger partial charge in [0.25, 0.3) is 0 Å². The molecule has 1 aliphatic rings. The number of fused-ring (bicyclic) bond motifs is 1. The van der Waals surface area contributed by atoms with Crippen LogP contribution in [0.25, 0.3) is 11.1 Å². The van der Waals surface area contributed by atoms with Crippen molar-refractivity contribution < 1.29 is 22.4 Å². The summed E-state index contributed by atoms with van der Waals surface area (Å²) in [7, 11) is -3.77. The fourth-order valence-electron chi connectivity index (χ4n) is 3.87. The number of benzene rings is 1. The van der Waals surface area contributed by atoms with E-state index in [2.05, 4.69) is 25.5 Å². The third kappa shape index (κ3) is 6.40. The molecule has 0 spiro atoms. The van der Waals surface area contributed by atoms with Gasteiger partial charge in [0.05, 0.1) is 11.2 Å². The summed E-state index contributed by atoms with van der Waals surface area (Å²) in [6.07, 6.45) is 2.92. The van der Waals surface area contributed by atoms with Crippen LogP contribution in [0, 0.1) is 5.92 Å². The standard InChI is InChI=1S/C23H30N6O5S/c1-23(2,3)34-22(30)25-14-15-8-11-29(12-9-15)20-19-18(10-13-33-19)27-21(28-20)26-16-4-6-17(7-5-16)35(24,31)32/h4-7,10,13,15H,8-9,11-12,14H2,1-3H3,(H,25,30)(H2,24,31,32)(H,26,27,28). The number of carbonyl (C=O) groups excluding carboxylic acids is 1. The predicted molar refractivity (Wildman–Crippen MR) is 132 cm³/mol. The largest absolute Gasteiger partial charge is 0.459 e. The summed E-state index contributed by atoms with van der Waals surface area (Å²) < 4.78 is 33.9. The van der Waals surface area contributed by atoms with Crippen LogP contribution >= 0.6 is 0 Å². The minimum absolute atomic E-state index is 0.0268. The first kappa shape index (κ1) is 24.7. The molecule has 4 rings (SSSR count). The second-order valence-electron chi connectivity index (χ2n) is 9.51. The quantitative estimate of drug-likeness (QED) is 0.460. The van der Waals surface area contributed by atoms with Crippen molar-refractivity contribution in [1.29, 1.82) is 0 Å². The molecule has 188 valence electrons. The molecule has 1 aliphatic heterocycles. The number of hydrogen-bond donors (Lipinski definition) is 3. The molecule has 0 aliphatic carbocycles. The lowest BCUT2D eigenvalue weighted by Crippen LogP contribution is -2.40. The second kappa shape index (κ2) is 9.70. The lowest BCUT2D eigenvalue weighted by molar-refractivity contribution is 0.0516. The Morgan fingerprint density at radius 1 is 1.17 bits per heavy atom. The number of carbonyl (C=O) groups is 1. The van der Waals surface area contributed by atoms with Crippen molar-refractivity contribution in [3.8, 4) is 0 Å². The maximum Gasteiger partial charge on any atom is 0.407 e. The van der Waals surface area contributed by atoms with Crippen LogP contribution in [0.5, 0.6) is 0 Å². The lowest BCUT2D eigenvalue weighted by Gasteiger charge is -2.33. The lowest BCUT2D eigenvalue weighted by atomic mass is 9.97. The number of nitrogens with zero attached hydrogens (tertiary/aromatic N) is 3. The van der Waals surface area contributed by atoms with E-state index >= 15 is 0 Å². The van der Waals surface area contributed by atoms with E-state index in [1.165, 1.54) is 12.1 Å². The second-order valence-corrected chi connectivity index (χ2v) is 11.1. The molecule has 4 N–H and O–H groups in total. The fraction of sp³-hybridized carbons (Fsp3) is 0.435. The molecule has 1 amide bonds. The summed E-state index contributed by atoms with van der Waals surface area (Å²) in [5.41, 5.74) is 1.36. The highest BCUT2D eigenvalue weighted by molar-refractivity contribution is 7.89. The molecule has 3 heterocycles. The minimum atomic E-state index is -3.77. The molecule has 1 saturated heterocycles. The van der Waals surface area contributed by atoms with Crippen LogP contribution in [0.15, 0.2) is 45.9 Å². The van der Waals surface area contributed by atoms with Crippen molar-refractivity contribution in [2.24, 2.45) is 11.1 Å². The van der Waals surface area contributed by atoms with Crippen LogP contribution in [0.4, 0.5) is 22.2 Å². The molecule has 11 nitrogen and oxygen atoms in total. The molecule has 0 atom stereocenters. The van der Waals surface area contributed by atoms with E-state index in [0.29, 0.717) is 41.0 Å². The number of alkyl carbamates (subject to hydrolysis) is 1. The van der Waals surface area contributed by atoms with Gasteiger partial charge in [-0.05, 0) is 63.8 Å². The number of nitrogens with one attached hydrogen (secondary N) is 2.